The third kappa shape index (κ3) is 3.50. The van der Waals surface area contributed by atoms with Crippen molar-refractivity contribution in [2.75, 3.05) is 39.9 Å². The van der Waals surface area contributed by atoms with E-state index in [1.54, 1.807) is 52.0 Å². The fourth-order valence-corrected chi connectivity index (χ4v) is 8.02. The number of carbonyl (C=O) groups excluding carboxylic acids is 2. The SMILES string of the molecule is COc1ccc([C@@H]2[C@H]3C(=O)C(=C4SCCS4)C(=O)[C@H]3[C@@H]2c2ccc(OC)c(OC)c2)cc1OC. The Morgan fingerprint density at radius 1 is 0.618 bits per heavy atom. The van der Waals surface area contributed by atoms with E-state index in [0.29, 0.717) is 28.6 Å². The number of ether oxygens (including phenoxy) is 4. The van der Waals surface area contributed by atoms with Gasteiger partial charge < -0.3 is 18.9 Å². The summed E-state index contributed by atoms with van der Waals surface area (Å²) in [7, 11) is 6.38. The monoisotopic (exact) mass is 498 g/mol. The summed E-state index contributed by atoms with van der Waals surface area (Å²) < 4.78 is 22.8. The molecule has 0 radical (unpaired) electrons. The van der Waals surface area contributed by atoms with E-state index in [0.717, 1.165) is 26.9 Å². The van der Waals surface area contributed by atoms with Gasteiger partial charge in [-0.05, 0) is 35.4 Å². The molecule has 2 aromatic carbocycles. The normalized spacial score (nSPS) is 25.8. The number of hydrogen-bond acceptors (Lipinski definition) is 8. The van der Waals surface area contributed by atoms with Crippen LogP contribution in [0.15, 0.2) is 46.2 Å². The van der Waals surface area contributed by atoms with Crippen LogP contribution in [-0.2, 0) is 9.59 Å². The van der Waals surface area contributed by atoms with Gasteiger partial charge in [0.15, 0.2) is 34.6 Å². The van der Waals surface area contributed by atoms with Crippen LogP contribution in [0.2, 0.25) is 0 Å². The molecule has 34 heavy (non-hydrogen) atoms. The van der Waals surface area contributed by atoms with Crippen LogP contribution in [-0.4, -0.2) is 51.5 Å². The third-order valence-electron chi connectivity index (χ3n) is 6.98. The van der Waals surface area contributed by atoms with Gasteiger partial charge in [-0.25, -0.2) is 0 Å². The molecule has 4 atom stereocenters. The van der Waals surface area contributed by atoms with Gasteiger partial charge >= 0.3 is 0 Å². The highest BCUT2D eigenvalue weighted by molar-refractivity contribution is 8.25. The third-order valence-corrected chi connectivity index (χ3v) is 9.70. The fraction of sp³-hybridized carbons (Fsp3) is 0.385. The summed E-state index contributed by atoms with van der Waals surface area (Å²) in [4.78, 5) is 27.2. The molecule has 0 spiro atoms. The number of Topliss-reactive ketones (excluding diaryl/α,β-unsaturated/α-hetero) is 2. The lowest BCUT2D eigenvalue weighted by Crippen LogP contribution is -2.45. The van der Waals surface area contributed by atoms with E-state index in [1.807, 2.05) is 36.4 Å². The van der Waals surface area contributed by atoms with Gasteiger partial charge in [0.2, 0.25) is 0 Å². The molecule has 3 aliphatic rings. The zero-order chi connectivity index (χ0) is 24.0. The molecule has 178 valence electrons. The van der Waals surface area contributed by atoms with Gasteiger partial charge in [-0.2, -0.15) is 0 Å². The summed E-state index contributed by atoms with van der Waals surface area (Å²) in [6.07, 6.45) is 0. The van der Waals surface area contributed by atoms with Crippen molar-refractivity contribution in [1.82, 2.24) is 0 Å². The highest BCUT2D eigenvalue weighted by Gasteiger charge is 2.64. The number of rotatable bonds is 6. The Morgan fingerprint density at radius 3 is 1.41 bits per heavy atom. The second-order valence-electron chi connectivity index (χ2n) is 8.42. The molecule has 2 saturated carbocycles. The summed E-state index contributed by atoms with van der Waals surface area (Å²) in [6.45, 7) is 0. The van der Waals surface area contributed by atoms with Crippen LogP contribution in [0.5, 0.6) is 23.0 Å². The van der Waals surface area contributed by atoms with Crippen LogP contribution in [0.25, 0.3) is 0 Å². The smallest absolute Gasteiger partial charge is 0.172 e. The largest absolute Gasteiger partial charge is 0.493 e. The Labute approximate surface area is 207 Å². The maximum Gasteiger partial charge on any atom is 0.172 e. The first kappa shape index (κ1) is 23.2. The fourth-order valence-electron chi connectivity index (χ4n) is 5.46. The minimum atomic E-state index is -0.381. The van der Waals surface area contributed by atoms with Crippen LogP contribution in [0.1, 0.15) is 23.0 Å². The number of benzene rings is 2. The number of hydrogen-bond donors (Lipinski definition) is 0. The first-order chi connectivity index (χ1) is 16.5. The maximum atomic E-state index is 13.6. The van der Waals surface area contributed by atoms with Crippen LogP contribution >= 0.6 is 23.5 Å². The van der Waals surface area contributed by atoms with E-state index in [4.69, 9.17) is 18.9 Å². The van der Waals surface area contributed by atoms with E-state index in [1.165, 1.54) is 0 Å². The van der Waals surface area contributed by atoms with E-state index in [-0.39, 0.29) is 35.2 Å². The summed E-state index contributed by atoms with van der Waals surface area (Å²) in [5.74, 6) is 3.18. The summed E-state index contributed by atoms with van der Waals surface area (Å²) in [5.41, 5.74) is 2.33. The van der Waals surface area contributed by atoms with E-state index >= 15 is 0 Å². The van der Waals surface area contributed by atoms with Crippen molar-refractivity contribution in [1.29, 1.82) is 0 Å². The highest BCUT2D eigenvalue weighted by atomic mass is 32.2. The lowest BCUT2D eigenvalue weighted by molar-refractivity contribution is -0.127. The van der Waals surface area contributed by atoms with E-state index in [9.17, 15) is 9.59 Å². The van der Waals surface area contributed by atoms with Crippen molar-refractivity contribution < 1.29 is 28.5 Å². The lowest BCUT2D eigenvalue weighted by atomic mass is 9.53. The van der Waals surface area contributed by atoms with Gasteiger partial charge in [0.25, 0.3) is 0 Å². The Balaban J connectivity index is 1.63. The van der Waals surface area contributed by atoms with Crippen LogP contribution in [0, 0.1) is 11.8 Å². The van der Waals surface area contributed by atoms with Crippen LogP contribution in [0.4, 0.5) is 0 Å². The van der Waals surface area contributed by atoms with Gasteiger partial charge in [0.1, 0.15) is 0 Å². The standard InChI is InChI=1S/C26H26O6S2/c1-29-15-7-5-13(11-17(15)31-3)19-20(14-6-8-16(30-2)18(12-14)32-4)22-21(19)24(27)23(25(22)28)26-33-9-10-34-26/h5-8,11-12,19-22H,9-10H2,1-4H3/t19-,20+,21+,22-. The molecule has 0 bridgehead atoms. The highest BCUT2D eigenvalue weighted by Crippen LogP contribution is 2.64. The topological polar surface area (TPSA) is 71.1 Å². The summed E-state index contributed by atoms with van der Waals surface area (Å²) in [5, 5.41) is 0. The molecule has 0 aromatic heterocycles. The molecule has 0 amide bonds. The van der Waals surface area contributed by atoms with Crippen molar-refractivity contribution >= 4 is 35.1 Å². The average Bonchev–Trinajstić information content (AvgIpc) is 3.43. The second kappa shape index (κ2) is 9.23. The molecular weight excluding hydrogens is 472 g/mol. The molecule has 3 fully saturated rings. The van der Waals surface area contributed by atoms with E-state index < -0.39 is 0 Å². The molecule has 1 aliphatic heterocycles. The van der Waals surface area contributed by atoms with Crippen molar-refractivity contribution in [3.8, 4) is 23.0 Å². The minimum absolute atomic E-state index is 0.0246. The maximum absolute atomic E-state index is 13.6. The van der Waals surface area contributed by atoms with E-state index in [2.05, 4.69) is 0 Å². The molecular formula is C26H26O6S2. The zero-order valence-electron chi connectivity index (χ0n) is 19.5. The van der Waals surface area contributed by atoms with Crippen molar-refractivity contribution in [2.24, 2.45) is 11.8 Å². The van der Waals surface area contributed by atoms with Gasteiger partial charge in [-0.3, -0.25) is 9.59 Å². The number of thioether (sulfide) groups is 2. The first-order valence-electron chi connectivity index (χ1n) is 11.1. The Morgan fingerprint density at radius 2 is 1.03 bits per heavy atom. The predicted octanol–water partition coefficient (Wildman–Crippen LogP) is 4.68. The zero-order valence-corrected chi connectivity index (χ0v) is 21.1. The molecule has 1 saturated heterocycles. The number of fused-ring (bicyclic) bond motifs is 1. The van der Waals surface area contributed by atoms with Crippen molar-refractivity contribution in [3.05, 3.63) is 57.3 Å². The second-order valence-corrected chi connectivity index (χ2v) is 10.9. The quantitative estimate of drug-likeness (QED) is 0.420. The number of carbonyl (C=O) groups is 2. The van der Waals surface area contributed by atoms with Gasteiger partial charge in [0, 0.05) is 35.2 Å². The van der Waals surface area contributed by atoms with Crippen molar-refractivity contribution in [3.63, 3.8) is 0 Å². The Bertz CT molecular complexity index is 1100. The predicted molar refractivity (Wildman–Crippen MR) is 134 cm³/mol. The molecule has 5 rings (SSSR count). The summed E-state index contributed by atoms with van der Waals surface area (Å²) >= 11 is 3.25. The summed E-state index contributed by atoms with van der Waals surface area (Å²) in [6, 6.07) is 11.5. The van der Waals surface area contributed by atoms with Crippen LogP contribution in [0.3, 0.4) is 0 Å². The molecule has 2 aliphatic carbocycles. The first-order valence-corrected chi connectivity index (χ1v) is 13.0. The molecule has 2 aromatic rings. The van der Waals surface area contributed by atoms with Gasteiger partial charge in [-0.15, -0.1) is 23.5 Å². The molecule has 1 heterocycles. The molecule has 0 unspecified atom stereocenters. The Hall–Kier alpha value is -2.58. The van der Waals surface area contributed by atoms with Crippen molar-refractivity contribution in [2.45, 2.75) is 11.8 Å². The minimum Gasteiger partial charge on any atom is -0.493 e. The van der Waals surface area contributed by atoms with Gasteiger partial charge in [-0.1, -0.05) is 12.1 Å². The van der Waals surface area contributed by atoms with Gasteiger partial charge in [0.05, 0.1) is 38.2 Å². The molecule has 6 nitrogen and oxygen atoms in total. The lowest BCUT2D eigenvalue weighted by Gasteiger charge is -2.47. The number of ketones is 2. The number of methoxy groups -OCH3 is 4. The molecule has 8 heteroatoms. The van der Waals surface area contributed by atoms with Crippen LogP contribution < -0.4 is 18.9 Å². The Kier molecular flexibility index (Phi) is 6.29. The number of allylic oxidation sites excluding steroid dienone is 1. The molecule has 0 N–H and O–H groups in total. The average molecular weight is 499 g/mol.